The van der Waals surface area contributed by atoms with Crippen LogP contribution in [0.2, 0.25) is 0 Å². The molecular weight excluding hydrogens is 202 g/mol. The quantitative estimate of drug-likeness (QED) is 0.774. The van der Waals surface area contributed by atoms with E-state index in [4.69, 9.17) is 9.47 Å². The van der Waals surface area contributed by atoms with Crippen molar-refractivity contribution in [2.45, 2.75) is 12.7 Å². The van der Waals surface area contributed by atoms with E-state index in [0.717, 1.165) is 13.2 Å². The summed E-state index contributed by atoms with van der Waals surface area (Å²) in [7, 11) is 4.10. The van der Waals surface area contributed by atoms with E-state index >= 15 is 0 Å². The fourth-order valence-corrected chi connectivity index (χ4v) is 1.86. The second-order valence-corrected chi connectivity index (χ2v) is 4.38. The summed E-state index contributed by atoms with van der Waals surface area (Å²) in [6.45, 7) is 3.07. The molecule has 88 valence electrons. The van der Waals surface area contributed by atoms with E-state index in [1.165, 1.54) is 11.1 Å². The minimum absolute atomic E-state index is 0.102. The molecule has 1 aliphatic rings. The molecule has 0 N–H and O–H groups in total. The Morgan fingerprint density at radius 1 is 1.38 bits per heavy atom. The molecule has 0 spiro atoms. The first kappa shape index (κ1) is 11.6. The molecule has 1 atom stereocenters. The number of fused-ring (bicyclic) bond motifs is 1. The minimum atomic E-state index is 0.102. The van der Waals surface area contributed by atoms with Crippen LogP contribution in [0.15, 0.2) is 24.3 Å². The van der Waals surface area contributed by atoms with E-state index in [1.54, 1.807) is 0 Å². The van der Waals surface area contributed by atoms with E-state index in [1.807, 2.05) is 6.07 Å². The van der Waals surface area contributed by atoms with Gasteiger partial charge in [0, 0.05) is 6.54 Å². The van der Waals surface area contributed by atoms with E-state index in [-0.39, 0.29) is 6.10 Å². The minimum Gasteiger partial charge on any atom is -0.374 e. The van der Waals surface area contributed by atoms with Gasteiger partial charge in [0.25, 0.3) is 0 Å². The highest BCUT2D eigenvalue weighted by Crippen LogP contribution is 2.27. The first-order valence-electron chi connectivity index (χ1n) is 5.69. The first-order valence-corrected chi connectivity index (χ1v) is 5.69. The van der Waals surface area contributed by atoms with Crippen molar-refractivity contribution in [3.05, 3.63) is 35.4 Å². The van der Waals surface area contributed by atoms with Crippen LogP contribution in [-0.2, 0) is 16.1 Å². The molecule has 0 fully saturated rings. The van der Waals surface area contributed by atoms with Gasteiger partial charge in [-0.15, -0.1) is 0 Å². The molecule has 1 unspecified atom stereocenters. The number of ether oxygens (including phenoxy) is 2. The molecule has 1 aromatic carbocycles. The highest BCUT2D eigenvalue weighted by molar-refractivity contribution is 5.30. The topological polar surface area (TPSA) is 21.7 Å². The van der Waals surface area contributed by atoms with Crippen molar-refractivity contribution in [3.63, 3.8) is 0 Å². The molecule has 1 heterocycles. The number of benzene rings is 1. The van der Waals surface area contributed by atoms with Gasteiger partial charge in [-0.3, -0.25) is 0 Å². The number of hydrogen-bond donors (Lipinski definition) is 0. The molecule has 16 heavy (non-hydrogen) atoms. The van der Waals surface area contributed by atoms with Crippen LogP contribution < -0.4 is 0 Å². The van der Waals surface area contributed by atoms with Crippen molar-refractivity contribution < 1.29 is 9.47 Å². The third-order valence-corrected chi connectivity index (χ3v) is 2.79. The summed E-state index contributed by atoms with van der Waals surface area (Å²) in [5, 5.41) is 0. The summed E-state index contributed by atoms with van der Waals surface area (Å²) in [5.41, 5.74) is 2.54. The summed E-state index contributed by atoms with van der Waals surface area (Å²) in [6, 6.07) is 8.35. The van der Waals surface area contributed by atoms with Gasteiger partial charge in [-0.1, -0.05) is 24.3 Å². The van der Waals surface area contributed by atoms with Crippen LogP contribution in [0.4, 0.5) is 0 Å². The normalized spacial score (nSPS) is 19.8. The summed E-state index contributed by atoms with van der Waals surface area (Å²) in [6.07, 6.45) is 0.102. The van der Waals surface area contributed by atoms with Crippen LogP contribution in [0.1, 0.15) is 17.2 Å². The first-order chi connectivity index (χ1) is 7.77. The van der Waals surface area contributed by atoms with Gasteiger partial charge in [0.15, 0.2) is 0 Å². The van der Waals surface area contributed by atoms with Crippen LogP contribution in [0, 0.1) is 0 Å². The monoisotopic (exact) mass is 221 g/mol. The lowest BCUT2D eigenvalue weighted by Gasteiger charge is -2.26. The second-order valence-electron chi connectivity index (χ2n) is 4.38. The Balaban J connectivity index is 1.96. The number of hydrogen-bond acceptors (Lipinski definition) is 3. The Morgan fingerprint density at radius 3 is 3.00 bits per heavy atom. The molecule has 1 aliphatic heterocycles. The van der Waals surface area contributed by atoms with Gasteiger partial charge < -0.3 is 14.4 Å². The lowest BCUT2D eigenvalue weighted by molar-refractivity contribution is -0.0405. The molecule has 0 radical (unpaired) electrons. The highest BCUT2D eigenvalue weighted by Gasteiger charge is 2.20. The Bertz CT molecular complexity index is 338. The molecule has 2 rings (SSSR count). The molecule has 0 aromatic heterocycles. The Labute approximate surface area is 97.0 Å². The van der Waals surface area contributed by atoms with Gasteiger partial charge in [-0.25, -0.2) is 0 Å². The number of nitrogens with zero attached hydrogens (tertiary/aromatic N) is 1. The van der Waals surface area contributed by atoms with Crippen LogP contribution in [0.25, 0.3) is 0 Å². The van der Waals surface area contributed by atoms with E-state index in [2.05, 4.69) is 37.2 Å². The molecule has 0 amide bonds. The van der Waals surface area contributed by atoms with Crippen molar-refractivity contribution in [1.29, 1.82) is 0 Å². The smallest absolute Gasteiger partial charge is 0.106 e. The Kier molecular flexibility index (Phi) is 3.93. The summed E-state index contributed by atoms with van der Waals surface area (Å²) >= 11 is 0. The van der Waals surface area contributed by atoms with Crippen LogP contribution in [0.3, 0.4) is 0 Å². The van der Waals surface area contributed by atoms with Gasteiger partial charge in [-0.2, -0.15) is 0 Å². The Hall–Kier alpha value is -0.900. The van der Waals surface area contributed by atoms with Gasteiger partial charge in [0.05, 0.1) is 19.8 Å². The predicted molar refractivity (Wildman–Crippen MR) is 63.3 cm³/mol. The largest absolute Gasteiger partial charge is 0.374 e. The fraction of sp³-hybridized carbons (Fsp3) is 0.538. The molecular formula is C13H19NO2. The highest BCUT2D eigenvalue weighted by atomic mass is 16.5. The molecule has 0 saturated heterocycles. The van der Waals surface area contributed by atoms with Crippen LogP contribution in [-0.4, -0.2) is 38.8 Å². The number of likely N-dealkylation sites (N-methyl/N-ethyl adjacent to an activating group) is 1. The second kappa shape index (κ2) is 5.43. The molecule has 1 aromatic rings. The van der Waals surface area contributed by atoms with E-state index in [9.17, 15) is 0 Å². The zero-order valence-corrected chi connectivity index (χ0v) is 9.98. The van der Waals surface area contributed by atoms with Gasteiger partial charge in [0.2, 0.25) is 0 Å². The third kappa shape index (κ3) is 2.82. The van der Waals surface area contributed by atoms with Crippen molar-refractivity contribution in [2.75, 3.05) is 33.9 Å². The lowest BCUT2D eigenvalue weighted by Crippen LogP contribution is -2.24. The van der Waals surface area contributed by atoms with Crippen LogP contribution >= 0.6 is 0 Å². The van der Waals surface area contributed by atoms with Gasteiger partial charge in [0.1, 0.15) is 6.10 Å². The maximum Gasteiger partial charge on any atom is 0.106 e. The molecule has 0 bridgehead atoms. The summed E-state index contributed by atoms with van der Waals surface area (Å²) in [5.74, 6) is 0. The fourth-order valence-electron chi connectivity index (χ4n) is 1.86. The predicted octanol–water partition coefficient (Wildman–Crippen LogP) is 1.84. The zero-order valence-electron chi connectivity index (χ0n) is 9.98. The molecule has 0 saturated carbocycles. The van der Waals surface area contributed by atoms with Crippen LogP contribution in [0.5, 0.6) is 0 Å². The molecule has 3 nitrogen and oxygen atoms in total. The molecule has 0 aliphatic carbocycles. The van der Waals surface area contributed by atoms with Crippen molar-refractivity contribution >= 4 is 0 Å². The van der Waals surface area contributed by atoms with Gasteiger partial charge >= 0.3 is 0 Å². The average Bonchev–Trinajstić information content (AvgIpc) is 2.29. The average molecular weight is 221 g/mol. The molecule has 3 heteroatoms. The maximum absolute atomic E-state index is 5.85. The third-order valence-electron chi connectivity index (χ3n) is 2.79. The summed E-state index contributed by atoms with van der Waals surface area (Å²) < 4.78 is 11.4. The summed E-state index contributed by atoms with van der Waals surface area (Å²) in [4.78, 5) is 2.12. The maximum atomic E-state index is 5.85. The van der Waals surface area contributed by atoms with Crippen molar-refractivity contribution in [2.24, 2.45) is 0 Å². The Morgan fingerprint density at radius 2 is 2.19 bits per heavy atom. The number of rotatable bonds is 4. The van der Waals surface area contributed by atoms with E-state index in [0.29, 0.717) is 13.2 Å². The SMILES string of the molecule is CN(C)CCOC1COCc2ccccc21. The standard InChI is InChI=1S/C13H19NO2/c1-14(2)7-8-16-13-10-15-9-11-5-3-4-6-12(11)13/h3-6,13H,7-10H2,1-2H3. The lowest BCUT2D eigenvalue weighted by atomic mass is 10.0. The van der Waals surface area contributed by atoms with Crippen molar-refractivity contribution in [1.82, 2.24) is 4.90 Å². The zero-order chi connectivity index (χ0) is 11.4. The van der Waals surface area contributed by atoms with Crippen molar-refractivity contribution in [3.8, 4) is 0 Å². The van der Waals surface area contributed by atoms with E-state index < -0.39 is 0 Å². The van der Waals surface area contributed by atoms with Gasteiger partial charge in [-0.05, 0) is 25.2 Å².